The van der Waals surface area contributed by atoms with E-state index in [4.69, 9.17) is 17.0 Å². The average Bonchev–Trinajstić information content (AvgIpc) is 3.05. The Morgan fingerprint density at radius 2 is 1.63 bits per heavy atom. The molecule has 0 aromatic carbocycles. The van der Waals surface area contributed by atoms with E-state index in [1.165, 1.54) is 38.5 Å². The normalized spacial score (nSPS) is 21.1. The van der Waals surface area contributed by atoms with Gasteiger partial charge in [-0.2, -0.15) is 0 Å². The number of aromatic nitrogens is 2. The quantitative estimate of drug-likeness (QED) is 0.220. The lowest BCUT2D eigenvalue weighted by molar-refractivity contribution is -0.149. The van der Waals surface area contributed by atoms with Crippen LogP contribution in [-0.2, 0) is 16.1 Å². The first-order valence-electron chi connectivity index (χ1n) is 11.9. The van der Waals surface area contributed by atoms with Crippen molar-refractivity contribution >= 4 is 18.2 Å². The minimum Gasteiger partial charge on any atom is -0.465 e. The van der Waals surface area contributed by atoms with E-state index in [0.717, 1.165) is 45.1 Å². The fourth-order valence-corrected chi connectivity index (χ4v) is 4.74. The highest BCUT2D eigenvalue weighted by Gasteiger charge is 2.34. The molecule has 1 heterocycles. The second-order valence-electron chi connectivity index (χ2n) is 9.17. The van der Waals surface area contributed by atoms with Crippen LogP contribution in [0.25, 0.3) is 0 Å². The highest BCUT2D eigenvalue weighted by Crippen LogP contribution is 2.36. The van der Waals surface area contributed by atoms with Gasteiger partial charge in [-0.3, -0.25) is 9.78 Å². The molecule has 1 N–H and O–H groups in total. The van der Waals surface area contributed by atoms with Gasteiger partial charge in [-0.15, -0.1) is 0 Å². The molecule has 0 spiro atoms. The first kappa shape index (κ1) is 24.8. The minimum absolute atomic E-state index is 0.0345. The molecule has 1 aliphatic rings. The topological polar surface area (TPSA) is 64.1 Å². The van der Waals surface area contributed by atoms with E-state index >= 15 is 0 Å². The molecule has 1 saturated carbocycles. The Balaban J connectivity index is 1.36. The number of rotatable bonds is 14. The summed E-state index contributed by atoms with van der Waals surface area (Å²) in [7, 11) is 0. The van der Waals surface area contributed by atoms with Crippen LogP contribution in [0.15, 0.2) is 17.1 Å². The lowest BCUT2D eigenvalue weighted by Gasteiger charge is -2.14. The number of carbonyl (C=O) groups is 1. The van der Waals surface area contributed by atoms with Gasteiger partial charge in [-0.05, 0) is 43.6 Å². The van der Waals surface area contributed by atoms with Crippen molar-refractivity contribution in [3.63, 3.8) is 0 Å². The average molecular weight is 437 g/mol. The van der Waals surface area contributed by atoms with Crippen LogP contribution in [0.2, 0.25) is 0 Å². The van der Waals surface area contributed by atoms with Gasteiger partial charge in [0.1, 0.15) is 4.64 Å². The second kappa shape index (κ2) is 13.8. The number of ether oxygens (including phenoxy) is 1. The van der Waals surface area contributed by atoms with Crippen molar-refractivity contribution in [3.05, 3.63) is 27.4 Å². The Morgan fingerprint density at radius 3 is 2.20 bits per heavy atom. The molecule has 1 fully saturated rings. The molecule has 0 aliphatic heterocycles. The number of aryl methyl sites for hydroxylation is 1. The molecule has 6 heteroatoms. The first-order chi connectivity index (χ1) is 14.5. The SMILES string of the molecule is CC1CC(C)C(C(=O)OCCCCCCCCCCCCn2ccc(=S)[nH]c2=O)C1. The number of nitrogens with zero attached hydrogens (tertiary/aromatic N) is 1. The second-order valence-corrected chi connectivity index (χ2v) is 9.61. The van der Waals surface area contributed by atoms with Gasteiger partial charge in [0.05, 0.1) is 12.5 Å². The number of esters is 1. The summed E-state index contributed by atoms with van der Waals surface area (Å²) in [5.74, 6) is 1.30. The number of nitrogens with one attached hydrogen (secondary N) is 1. The van der Waals surface area contributed by atoms with Crippen molar-refractivity contribution in [2.45, 2.75) is 97.4 Å². The van der Waals surface area contributed by atoms with E-state index in [9.17, 15) is 9.59 Å². The zero-order valence-electron chi connectivity index (χ0n) is 18.9. The number of hydrogen-bond acceptors (Lipinski definition) is 4. The predicted molar refractivity (Wildman–Crippen MR) is 124 cm³/mol. The minimum atomic E-state index is -0.111. The highest BCUT2D eigenvalue weighted by molar-refractivity contribution is 7.71. The van der Waals surface area contributed by atoms with Crippen LogP contribution in [0, 0.1) is 22.4 Å². The summed E-state index contributed by atoms with van der Waals surface area (Å²) in [5, 5.41) is 0. The van der Waals surface area contributed by atoms with E-state index in [2.05, 4.69) is 18.8 Å². The summed E-state index contributed by atoms with van der Waals surface area (Å²) in [5.41, 5.74) is -0.111. The largest absolute Gasteiger partial charge is 0.465 e. The first-order valence-corrected chi connectivity index (χ1v) is 12.3. The Morgan fingerprint density at radius 1 is 1.03 bits per heavy atom. The molecule has 5 nitrogen and oxygen atoms in total. The molecule has 1 aromatic heterocycles. The Hall–Kier alpha value is -1.43. The van der Waals surface area contributed by atoms with Crippen LogP contribution in [0.5, 0.6) is 0 Å². The zero-order chi connectivity index (χ0) is 21.8. The molecule has 30 heavy (non-hydrogen) atoms. The van der Waals surface area contributed by atoms with E-state index in [1.54, 1.807) is 16.8 Å². The number of hydrogen-bond donors (Lipinski definition) is 1. The zero-order valence-corrected chi connectivity index (χ0v) is 19.7. The van der Waals surface area contributed by atoms with Gasteiger partial charge in [0.25, 0.3) is 0 Å². The number of unbranched alkanes of at least 4 members (excludes halogenated alkanes) is 9. The lowest BCUT2D eigenvalue weighted by Crippen LogP contribution is -2.22. The molecule has 2 rings (SSSR count). The maximum Gasteiger partial charge on any atom is 0.326 e. The molecule has 1 aromatic rings. The fourth-order valence-electron chi connectivity index (χ4n) is 4.59. The van der Waals surface area contributed by atoms with Crippen molar-refractivity contribution in [2.75, 3.05) is 6.61 Å². The molecule has 0 saturated heterocycles. The van der Waals surface area contributed by atoms with E-state index < -0.39 is 0 Å². The van der Waals surface area contributed by atoms with Crippen LogP contribution < -0.4 is 5.69 Å². The monoisotopic (exact) mass is 436 g/mol. The van der Waals surface area contributed by atoms with E-state index in [1.807, 2.05) is 0 Å². The summed E-state index contributed by atoms with van der Waals surface area (Å²) in [6.07, 6.45) is 15.8. The molecule has 0 amide bonds. The van der Waals surface area contributed by atoms with Crippen LogP contribution in [0.4, 0.5) is 0 Å². The van der Waals surface area contributed by atoms with Gasteiger partial charge in [0, 0.05) is 12.7 Å². The standard InChI is InChI=1S/C24H40N2O3S/c1-19-17-20(2)21(18-19)23(27)29-16-12-10-8-6-4-3-5-7-9-11-14-26-15-13-22(30)25-24(26)28/h13,15,19-21H,3-12,14,16-18H2,1-2H3,(H,25,28,30). The lowest BCUT2D eigenvalue weighted by atomic mass is 9.99. The molecular formula is C24H40N2O3S. The number of carbonyl (C=O) groups excluding carboxylic acids is 1. The summed E-state index contributed by atoms with van der Waals surface area (Å²) in [4.78, 5) is 26.5. The summed E-state index contributed by atoms with van der Waals surface area (Å²) in [6, 6.07) is 1.76. The van der Waals surface area contributed by atoms with Crippen molar-refractivity contribution in [1.29, 1.82) is 0 Å². The Kier molecular flexibility index (Phi) is 11.4. The molecule has 0 radical (unpaired) electrons. The number of aromatic amines is 1. The van der Waals surface area contributed by atoms with Crippen LogP contribution >= 0.6 is 12.2 Å². The van der Waals surface area contributed by atoms with Gasteiger partial charge in [-0.1, -0.05) is 77.4 Å². The fraction of sp³-hybridized carbons (Fsp3) is 0.792. The van der Waals surface area contributed by atoms with Gasteiger partial charge >= 0.3 is 11.7 Å². The molecule has 3 unspecified atom stereocenters. The predicted octanol–water partition coefficient (Wildman–Crippen LogP) is 6.03. The Labute approximate surface area is 186 Å². The van der Waals surface area contributed by atoms with Gasteiger partial charge in [0.2, 0.25) is 0 Å². The Bertz CT molecular complexity index is 742. The van der Waals surface area contributed by atoms with Crippen molar-refractivity contribution in [1.82, 2.24) is 9.55 Å². The maximum absolute atomic E-state index is 12.1. The van der Waals surface area contributed by atoms with Crippen molar-refractivity contribution in [3.8, 4) is 0 Å². The van der Waals surface area contributed by atoms with Crippen molar-refractivity contribution < 1.29 is 9.53 Å². The smallest absolute Gasteiger partial charge is 0.326 e. The van der Waals surface area contributed by atoms with E-state index in [0.29, 0.717) is 23.1 Å². The summed E-state index contributed by atoms with van der Waals surface area (Å²) in [6.45, 7) is 5.75. The third-order valence-electron chi connectivity index (χ3n) is 6.35. The van der Waals surface area contributed by atoms with Gasteiger partial charge in [-0.25, -0.2) is 4.79 Å². The highest BCUT2D eigenvalue weighted by atomic mass is 32.1. The summed E-state index contributed by atoms with van der Waals surface area (Å²) >= 11 is 4.94. The molecular weight excluding hydrogens is 396 g/mol. The summed E-state index contributed by atoms with van der Waals surface area (Å²) < 4.78 is 7.69. The van der Waals surface area contributed by atoms with Crippen LogP contribution in [0.3, 0.4) is 0 Å². The van der Waals surface area contributed by atoms with Crippen LogP contribution in [0.1, 0.15) is 90.9 Å². The van der Waals surface area contributed by atoms with E-state index in [-0.39, 0.29) is 17.6 Å². The van der Waals surface area contributed by atoms with Crippen molar-refractivity contribution in [2.24, 2.45) is 17.8 Å². The third kappa shape index (κ3) is 9.15. The third-order valence-corrected chi connectivity index (χ3v) is 6.59. The molecule has 3 atom stereocenters. The van der Waals surface area contributed by atoms with Crippen LogP contribution in [-0.4, -0.2) is 22.1 Å². The van der Waals surface area contributed by atoms with Gasteiger partial charge in [0.15, 0.2) is 0 Å². The molecule has 1 aliphatic carbocycles. The molecule has 0 bridgehead atoms. The number of H-pyrrole nitrogens is 1. The molecule has 170 valence electrons. The maximum atomic E-state index is 12.1. The van der Waals surface area contributed by atoms with Gasteiger partial charge < -0.3 is 9.30 Å².